The first kappa shape index (κ1) is 17.7. The molecule has 26 heavy (non-hydrogen) atoms. The van der Waals surface area contributed by atoms with E-state index in [9.17, 15) is 14.4 Å². The van der Waals surface area contributed by atoms with Crippen molar-refractivity contribution in [3.05, 3.63) is 75.0 Å². The molecule has 2 aromatic carbocycles. The van der Waals surface area contributed by atoms with Crippen LogP contribution >= 0.6 is 11.6 Å². The Hall–Kier alpha value is -3.12. The fourth-order valence-corrected chi connectivity index (χ4v) is 2.84. The van der Waals surface area contributed by atoms with Crippen LogP contribution in [-0.2, 0) is 11.8 Å². The lowest BCUT2D eigenvalue weighted by molar-refractivity contribution is 0.0600. The number of anilines is 1. The Balaban J connectivity index is 2.00. The second-order valence-electron chi connectivity index (χ2n) is 5.67. The number of ether oxygens (including phenoxy) is 1. The zero-order valence-electron chi connectivity index (χ0n) is 14.1. The maximum absolute atomic E-state index is 12.7. The first-order chi connectivity index (χ1) is 12.4. The minimum atomic E-state index is -0.575. The predicted octanol–water partition coefficient (Wildman–Crippen LogP) is 3.23. The average Bonchev–Trinajstić information content (AvgIpc) is 2.64. The molecule has 1 amide bonds. The summed E-state index contributed by atoms with van der Waals surface area (Å²) in [5, 5.41) is 3.40. The van der Waals surface area contributed by atoms with Crippen molar-refractivity contribution in [3.63, 3.8) is 0 Å². The number of esters is 1. The number of methoxy groups -OCH3 is 1. The molecule has 6 nitrogen and oxygen atoms in total. The van der Waals surface area contributed by atoms with E-state index in [4.69, 9.17) is 11.6 Å². The standard InChI is InChI=1S/C19H15ClN2O4/c1-22-10-15(17(23)14-9-12(20)6-7-16(14)22)18(24)21-13-5-3-4-11(8-13)19(25)26-2/h3-10H,1-2H3,(H,21,24). The molecule has 1 heterocycles. The fourth-order valence-electron chi connectivity index (χ4n) is 2.67. The number of hydrogen-bond acceptors (Lipinski definition) is 4. The van der Waals surface area contributed by atoms with E-state index in [-0.39, 0.29) is 5.56 Å². The second kappa shape index (κ2) is 7.01. The lowest BCUT2D eigenvalue weighted by Gasteiger charge is -2.10. The van der Waals surface area contributed by atoms with Crippen LogP contribution in [-0.4, -0.2) is 23.6 Å². The third kappa shape index (κ3) is 3.32. The molecule has 0 radical (unpaired) electrons. The van der Waals surface area contributed by atoms with E-state index in [2.05, 4.69) is 10.1 Å². The van der Waals surface area contributed by atoms with E-state index in [1.807, 2.05) is 0 Å². The minimum Gasteiger partial charge on any atom is -0.465 e. The highest BCUT2D eigenvalue weighted by atomic mass is 35.5. The van der Waals surface area contributed by atoms with Crippen molar-refractivity contribution in [3.8, 4) is 0 Å². The molecular weight excluding hydrogens is 356 g/mol. The molecule has 0 unspecified atom stereocenters. The number of nitrogens with zero attached hydrogens (tertiary/aromatic N) is 1. The molecule has 1 N–H and O–H groups in total. The van der Waals surface area contributed by atoms with Crippen LogP contribution in [0.2, 0.25) is 5.02 Å². The zero-order valence-corrected chi connectivity index (χ0v) is 14.8. The molecule has 3 rings (SSSR count). The van der Waals surface area contributed by atoms with Gasteiger partial charge in [0, 0.05) is 29.3 Å². The lowest BCUT2D eigenvalue weighted by atomic mass is 10.1. The summed E-state index contributed by atoms with van der Waals surface area (Å²) in [6.45, 7) is 0. The molecule has 0 spiro atoms. The number of nitrogens with one attached hydrogen (secondary N) is 1. The van der Waals surface area contributed by atoms with Crippen molar-refractivity contribution < 1.29 is 14.3 Å². The van der Waals surface area contributed by atoms with E-state index in [0.717, 1.165) is 0 Å². The molecule has 0 aliphatic rings. The summed E-state index contributed by atoms with van der Waals surface area (Å²) in [6, 6.07) is 11.2. The summed E-state index contributed by atoms with van der Waals surface area (Å²) in [7, 11) is 3.02. The Morgan fingerprint density at radius 1 is 1.15 bits per heavy atom. The Labute approximate surface area is 154 Å². The highest BCUT2D eigenvalue weighted by molar-refractivity contribution is 6.31. The molecule has 0 aliphatic heterocycles. The number of carbonyl (C=O) groups excluding carboxylic acids is 2. The monoisotopic (exact) mass is 370 g/mol. The van der Waals surface area contributed by atoms with Crippen molar-refractivity contribution in [2.45, 2.75) is 0 Å². The van der Waals surface area contributed by atoms with Gasteiger partial charge >= 0.3 is 5.97 Å². The Kier molecular flexibility index (Phi) is 4.77. The third-order valence-electron chi connectivity index (χ3n) is 3.94. The number of aromatic nitrogens is 1. The number of aryl methyl sites for hydroxylation is 1. The quantitative estimate of drug-likeness (QED) is 0.718. The Morgan fingerprint density at radius 2 is 1.92 bits per heavy atom. The predicted molar refractivity (Wildman–Crippen MR) is 99.9 cm³/mol. The van der Waals surface area contributed by atoms with Crippen LogP contribution in [0.4, 0.5) is 5.69 Å². The number of carbonyl (C=O) groups is 2. The van der Waals surface area contributed by atoms with E-state index in [0.29, 0.717) is 27.2 Å². The number of benzene rings is 2. The van der Waals surface area contributed by atoms with Gasteiger partial charge in [-0.15, -0.1) is 0 Å². The Morgan fingerprint density at radius 3 is 2.65 bits per heavy atom. The highest BCUT2D eigenvalue weighted by Gasteiger charge is 2.16. The summed E-state index contributed by atoms with van der Waals surface area (Å²) in [6.07, 6.45) is 1.47. The number of rotatable bonds is 3. The summed E-state index contributed by atoms with van der Waals surface area (Å²) in [4.78, 5) is 36.9. The maximum Gasteiger partial charge on any atom is 0.337 e. The fraction of sp³-hybridized carbons (Fsp3) is 0.105. The molecule has 7 heteroatoms. The van der Waals surface area contributed by atoms with Gasteiger partial charge in [0.05, 0.1) is 18.2 Å². The van der Waals surface area contributed by atoms with Crippen LogP contribution in [0.5, 0.6) is 0 Å². The van der Waals surface area contributed by atoms with Crippen molar-refractivity contribution >= 4 is 40.1 Å². The Bertz CT molecular complexity index is 1090. The largest absolute Gasteiger partial charge is 0.465 e. The van der Waals surface area contributed by atoms with Gasteiger partial charge in [0.15, 0.2) is 0 Å². The smallest absolute Gasteiger partial charge is 0.337 e. The molecule has 132 valence electrons. The normalized spacial score (nSPS) is 10.6. The van der Waals surface area contributed by atoms with Gasteiger partial charge in [0.25, 0.3) is 5.91 Å². The SMILES string of the molecule is COC(=O)c1cccc(NC(=O)c2cn(C)c3ccc(Cl)cc3c2=O)c1. The molecule has 0 bridgehead atoms. The second-order valence-corrected chi connectivity index (χ2v) is 6.11. The topological polar surface area (TPSA) is 77.4 Å². The lowest BCUT2D eigenvalue weighted by Crippen LogP contribution is -2.23. The average molecular weight is 371 g/mol. The number of pyridine rings is 1. The first-order valence-electron chi connectivity index (χ1n) is 7.69. The molecule has 0 saturated heterocycles. The van der Waals surface area contributed by atoms with Crippen LogP contribution in [0, 0.1) is 0 Å². The summed E-state index contributed by atoms with van der Waals surface area (Å²) in [5.74, 6) is -1.09. The van der Waals surface area contributed by atoms with Gasteiger partial charge in [-0.25, -0.2) is 4.79 Å². The minimum absolute atomic E-state index is 0.0225. The molecule has 1 aromatic heterocycles. The molecular formula is C19H15ClN2O4. The number of halogens is 1. The third-order valence-corrected chi connectivity index (χ3v) is 4.17. The zero-order chi connectivity index (χ0) is 18.8. The van der Waals surface area contributed by atoms with Crippen molar-refractivity contribution in [1.82, 2.24) is 4.57 Å². The van der Waals surface area contributed by atoms with E-state index in [1.54, 1.807) is 41.9 Å². The number of hydrogen-bond donors (Lipinski definition) is 1. The maximum atomic E-state index is 12.7. The summed E-state index contributed by atoms with van der Waals surface area (Å²) in [5.41, 5.74) is 0.909. The summed E-state index contributed by atoms with van der Waals surface area (Å²) >= 11 is 5.97. The van der Waals surface area contributed by atoms with Gasteiger partial charge in [0.1, 0.15) is 5.56 Å². The molecule has 0 atom stereocenters. The van der Waals surface area contributed by atoms with Crippen LogP contribution < -0.4 is 10.7 Å². The van der Waals surface area contributed by atoms with Gasteiger partial charge in [0.2, 0.25) is 5.43 Å². The van der Waals surface area contributed by atoms with Gasteiger partial charge in [-0.1, -0.05) is 17.7 Å². The van der Waals surface area contributed by atoms with Crippen molar-refractivity contribution in [2.24, 2.45) is 7.05 Å². The van der Waals surface area contributed by atoms with Crippen molar-refractivity contribution in [1.29, 1.82) is 0 Å². The molecule has 0 fully saturated rings. The molecule has 3 aromatic rings. The van der Waals surface area contributed by atoms with Crippen LogP contribution in [0.3, 0.4) is 0 Å². The first-order valence-corrected chi connectivity index (χ1v) is 8.07. The van der Waals surface area contributed by atoms with E-state index in [1.165, 1.54) is 25.4 Å². The van der Waals surface area contributed by atoms with E-state index >= 15 is 0 Å². The number of amides is 1. The molecule has 0 aliphatic carbocycles. The van der Waals surface area contributed by atoms with Gasteiger partial charge in [-0.05, 0) is 36.4 Å². The van der Waals surface area contributed by atoms with Gasteiger partial charge in [-0.3, -0.25) is 9.59 Å². The molecule has 0 saturated carbocycles. The van der Waals surface area contributed by atoms with Crippen molar-refractivity contribution in [2.75, 3.05) is 12.4 Å². The highest BCUT2D eigenvalue weighted by Crippen LogP contribution is 2.18. The number of fused-ring (bicyclic) bond motifs is 1. The van der Waals surface area contributed by atoms with Crippen LogP contribution in [0.1, 0.15) is 20.7 Å². The van der Waals surface area contributed by atoms with Crippen LogP contribution in [0.25, 0.3) is 10.9 Å². The summed E-state index contributed by atoms with van der Waals surface area (Å²) < 4.78 is 6.34. The van der Waals surface area contributed by atoms with Gasteiger partial charge < -0.3 is 14.6 Å². The van der Waals surface area contributed by atoms with E-state index < -0.39 is 17.3 Å². The van der Waals surface area contributed by atoms with Crippen LogP contribution in [0.15, 0.2) is 53.5 Å². The van der Waals surface area contributed by atoms with Gasteiger partial charge in [-0.2, -0.15) is 0 Å².